The lowest BCUT2D eigenvalue weighted by molar-refractivity contribution is -0.149. The molecular weight excluding hydrogens is 392 g/mol. The summed E-state index contributed by atoms with van der Waals surface area (Å²) in [6.45, 7) is 2.64. The van der Waals surface area contributed by atoms with Gasteiger partial charge in [0.05, 0.1) is 6.61 Å². The number of rotatable bonds is 9. The monoisotopic (exact) mass is 414 g/mol. The summed E-state index contributed by atoms with van der Waals surface area (Å²) in [6, 6.07) is 14.9. The van der Waals surface area contributed by atoms with Crippen LogP contribution >= 0.6 is 11.8 Å². The molecule has 8 heteroatoms. The number of amides is 1. The number of thioether (sulfide) groups is 1. The minimum atomic E-state index is -0.500. The molecule has 3 aromatic rings. The first-order chi connectivity index (χ1) is 14.0. The molecule has 7 nitrogen and oxygen atoms in total. The van der Waals surface area contributed by atoms with Crippen LogP contribution in [0.4, 0.5) is 0 Å². The van der Waals surface area contributed by atoms with Gasteiger partial charge >= 0.3 is 5.97 Å². The third-order valence-electron chi connectivity index (χ3n) is 4.02. The number of carbonyl (C=O) groups is 2. The van der Waals surface area contributed by atoms with Crippen LogP contribution in [0.1, 0.15) is 12.5 Å². The molecule has 0 aliphatic heterocycles. The lowest BCUT2D eigenvalue weighted by Crippen LogP contribution is -2.31. The summed E-state index contributed by atoms with van der Waals surface area (Å²) in [4.78, 5) is 29.9. The van der Waals surface area contributed by atoms with Crippen LogP contribution in [0.15, 0.2) is 58.2 Å². The lowest BCUT2D eigenvalue weighted by atomic mass is 10.2. The second kappa shape index (κ2) is 9.97. The average Bonchev–Trinajstić information content (AvgIpc) is 3.15. The number of fused-ring (bicyclic) bond motifs is 1. The molecule has 0 spiro atoms. The van der Waals surface area contributed by atoms with Crippen molar-refractivity contribution in [1.29, 1.82) is 0 Å². The summed E-state index contributed by atoms with van der Waals surface area (Å²) in [7, 11) is 1.67. The zero-order valence-electron chi connectivity index (χ0n) is 16.3. The number of esters is 1. The molecule has 0 aliphatic rings. The van der Waals surface area contributed by atoms with Crippen molar-refractivity contribution < 1.29 is 23.5 Å². The standard InChI is InChI=1S/C21H22N2O5S/c1-3-26-16-10-8-15(9-11-16)12-23(2)19(24)13-27-20(25)14-29-21-22-17-6-4-5-7-18(17)28-21/h4-11H,3,12-14H2,1-2H3. The highest BCUT2D eigenvalue weighted by Crippen LogP contribution is 2.23. The second-order valence-corrected chi connectivity index (χ2v) is 7.15. The van der Waals surface area contributed by atoms with E-state index >= 15 is 0 Å². The van der Waals surface area contributed by atoms with Gasteiger partial charge in [0.15, 0.2) is 12.2 Å². The summed E-state index contributed by atoms with van der Waals surface area (Å²) in [5.74, 6) is 0.0256. The van der Waals surface area contributed by atoms with E-state index in [9.17, 15) is 9.59 Å². The Bertz CT molecular complexity index is 938. The summed E-state index contributed by atoms with van der Waals surface area (Å²) >= 11 is 1.13. The molecule has 0 bridgehead atoms. The predicted octanol–water partition coefficient (Wildman–Crippen LogP) is 3.52. The van der Waals surface area contributed by atoms with Gasteiger partial charge in [-0.05, 0) is 36.8 Å². The molecule has 1 heterocycles. The molecule has 29 heavy (non-hydrogen) atoms. The number of ether oxygens (including phenoxy) is 2. The first-order valence-corrected chi connectivity index (χ1v) is 10.1. The Morgan fingerprint density at radius 2 is 1.90 bits per heavy atom. The molecule has 0 aliphatic carbocycles. The van der Waals surface area contributed by atoms with Crippen molar-refractivity contribution in [2.24, 2.45) is 0 Å². The van der Waals surface area contributed by atoms with Gasteiger partial charge in [-0.3, -0.25) is 9.59 Å². The van der Waals surface area contributed by atoms with Crippen LogP contribution in [0.5, 0.6) is 5.75 Å². The van der Waals surface area contributed by atoms with Gasteiger partial charge in [-0.15, -0.1) is 0 Å². The topological polar surface area (TPSA) is 81.9 Å². The zero-order chi connectivity index (χ0) is 20.6. The van der Waals surface area contributed by atoms with E-state index in [1.54, 1.807) is 7.05 Å². The SMILES string of the molecule is CCOc1ccc(CN(C)C(=O)COC(=O)CSc2nc3ccccc3o2)cc1. The maximum atomic E-state index is 12.2. The first kappa shape index (κ1) is 20.7. The highest BCUT2D eigenvalue weighted by molar-refractivity contribution is 7.99. The van der Waals surface area contributed by atoms with Crippen molar-refractivity contribution in [2.45, 2.75) is 18.7 Å². The van der Waals surface area contributed by atoms with Crippen LogP contribution in [-0.2, 0) is 20.9 Å². The van der Waals surface area contributed by atoms with Crippen LogP contribution in [0.25, 0.3) is 11.1 Å². The normalized spacial score (nSPS) is 10.7. The van der Waals surface area contributed by atoms with Crippen LogP contribution in [0, 0.1) is 0 Å². The minimum Gasteiger partial charge on any atom is -0.494 e. The Balaban J connectivity index is 1.41. The summed E-state index contributed by atoms with van der Waals surface area (Å²) < 4.78 is 16.0. The molecule has 2 aromatic carbocycles. The van der Waals surface area contributed by atoms with Crippen molar-refractivity contribution in [3.63, 3.8) is 0 Å². The summed E-state index contributed by atoms with van der Waals surface area (Å²) in [5.41, 5.74) is 2.35. The van der Waals surface area contributed by atoms with Crippen molar-refractivity contribution in [1.82, 2.24) is 9.88 Å². The molecule has 0 radical (unpaired) electrons. The van der Waals surface area contributed by atoms with Crippen LogP contribution in [0.2, 0.25) is 0 Å². The zero-order valence-corrected chi connectivity index (χ0v) is 17.1. The van der Waals surface area contributed by atoms with Gasteiger partial charge in [-0.25, -0.2) is 4.98 Å². The van der Waals surface area contributed by atoms with Crippen molar-refractivity contribution >= 4 is 34.7 Å². The number of hydrogen-bond donors (Lipinski definition) is 0. The summed E-state index contributed by atoms with van der Waals surface area (Å²) in [6.07, 6.45) is 0. The Morgan fingerprint density at radius 1 is 1.14 bits per heavy atom. The maximum absolute atomic E-state index is 12.2. The third-order valence-corrected chi connectivity index (χ3v) is 4.83. The Kier molecular flexibility index (Phi) is 7.13. The van der Waals surface area contributed by atoms with Gasteiger partial charge in [0.25, 0.3) is 11.1 Å². The quantitative estimate of drug-likeness (QED) is 0.391. The van der Waals surface area contributed by atoms with E-state index in [1.807, 2.05) is 55.5 Å². The highest BCUT2D eigenvalue weighted by Gasteiger charge is 2.14. The fourth-order valence-electron chi connectivity index (χ4n) is 2.55. The molecule has 152 valence electrons. The Hall–Kier alpha value is -3.00. The van der Waals surface area contributed by atoms with Crippen molar-refractivity contribution in [3.05, 3.63) is 54.1 Å². The smallest absolute Gasteiger partial charge is 0.316 e. The van der Waals surface area contributed by atoms with E-state index in [4.69, 9.17) is 13.9 Å². The van der Waals surface area contributed by atoms with E-state index in [2.05, 4.69) is 4.98 Å². The molecule has 0 fully saturated rings. The molecule has 0 atom stereocenters. The second-order valence-electron chi connectivity index (χ2n) is 6.22. The van der Waals surface area contributed by atoms with E-state index in [-0.39, 0.29) is 18.3 Å². The van der Waals surface area contributed by atoms with Crippen molar-refractivity contribution in [3.8, 4) is 5.75 Å². The third kappa shape index (κ3) is 5.99. The number of carbonyl (C=O) groups excluding carboxylic acids is 2. The van der Waals surface area contributed by atoms with Crippen LogP contribution in [0.3, 0.4) is 0 Å². The molecule has 1 amide bonds. The van der Waals surface area contributed by atoms with Crippen LogP contribution < -0.4 is 4.74 Å². The molecule has 0 saturated carbocycles. The summed E-state index contributed by atoms with van der Waals surface area (Å²) in [5, 5.41) is 0.391. The van der Waals surface area contributed by atoms with Gasteiger partial charge in [0.2, 0.25) is 0 Å². The van der Waals surface area contributed by atoms with Crippen molar-refractivity contribution in [2.75, 3.05) is 26.0 Å². The molecular formula is C21H22N2O5S. The predicted molar refractivity (Wildman–Crippen MR) is 110 cm³/mol. The van der Waals surface area contributed by atoms with E-state index < -0.39 is 5.97 Å². The number of likely N-dealkylation sites (N-methyl/N-ethyl adjacent to an activating group) is 1. The number of nitrogens with zero attached hydrogens (tertiary/aromatic N) is 2. The minimum absolute atomic E-state index is 0.0166. The van der Waals surface area contributed by atoms with E-state index in [0.29, 0.717) is 24.0 Å². The van der Waals surface area contributed by atoms with Gasteiger partial charge in [-0.1, -0.05) is 36.0 Å². The Labute approximate surface area is 173 Å². The van der Waals surface area contributed by atoms with Gasteiger partial charge in [0, 0.05) is 13.6 Å². The molecule has 0 N–H and O–H groups in total. The number of aromatic nitrogens is 1. The van der Waals surface area contributed by atoms with Gasteiger partial charge in [-0.2, -0.15) is 0 Å². The van der Waals surface area contributed by atoms with Crippen LogP contribution in [-0.4, -0.2) is 47.8 Å². The highest BCUT2D eigenvalue weighted by atomic mass is 32.2. The largest absolute Gasteiger partial charge is 0.494 e. The Morgan fingerprint density at radius 3 is 2.62 bits per heavy atom. The lowest BCUT2D eigenvalue weighted by Gasteiger charge is -2.17. The van der Waals surface area contributed by atoms with E-state index in [1.165, 1.54) is 4.90 Å². The average molecular weight is 414 g/mol. The molecule has 0 saturated heterocycles. The number of benzene rings is 2. The fourth-order valence-corrected chi connectivity index (χ4v) is 3.18. The van der Waals surface area contributed by atoms with Gasteiger partial charge in [0.1, 0.15) is 17.0 Å². The molecule has 1 aromatic heterocycles. The van der Waals surface area contributed by atoms with Gasteiger partial charge < -0.3 is 18.8 Å². The van der Waals surface area contributed by atoms with E-state index in [0.717, 1.165) is 28.6 Å². The number of para-hydroxylation sites is 2. The number of oxazole rings is 1. The fraction of sp³-hybridized carbons (Fsp3) is 0.286. The molecule has 3 rings (SSSR count). The maximum Gasteiger partial charge on any atom is 0.316 e. The molecule has 0 unspecified atom stereocenters. The first-order valence-electron chi connectivity index (χ1n) is 9.15. The number of hydrogen-bond acceptors (Lipinski definition) is 7.